The second-order valence-corrected chi connectivity index (χ2v) is 8.81. The summed E-state index contributed by atoms with van der Waals surface area (Å²) in [5.41, 5.74) is 0. The molecule has 0 aliphatic rings. The fraction of sp³-hybridized carbons (Fsp3) is 0.500. The number of rotatable bonds is 8. The van der Waals surface area contributed by atoms with Crippen LogP contribution in [0.15, 0.2) is 25.3 Å². The van der Waals surface area contributed by atoms with Gasteiger partial charge in [0.15, 0.2) is 0 Å². The summed E-state index contributed by atoms with van der Waals surface area (Å²) in [7, 11) is 0. The lowest BCUT2D eigenvalue weighted by molar-refractivity contribution is -0.304. The molecule has 4 atom stereocenters. The van der Waals surface area contributed by atoms with E-state index in [2.05, 4.69) is 76.9 Å². The highest BCUT2D eigenvalue weighted by atomic mass is 79.9. The van der Waals surface area contributed by atoms with Gasteiger partial charge in [-0.15, -0.1) is 13.2 Å². The molecule has 0 fully saturated rings. The van der Waals surface area contributed by atoms with Crippen LogP contribution >= 0.6 is 63.7 Å². The Balaban J connectivity index is 4.84. The summed E-state index contributed by atoms with van der Waals surface area (Å²) in [4.78, 5) is 43.1. The number of hydrogen-bond acceptors (Lipinski definition) is 5. The maximum atomic E-state index is 12.0. The molecule has 0 heterocycles. The number of allylic oxidation sites excluding steroid dienone is 2. The number of carbonyl (C=O) groups is 3. The zero-order valence-electron chi connectivity index (χ0n) is 12.8. The van der Waals surface area contributed by atoms with Crippen molar-refractivity contribution < 1.29 is 24.1 Å². The quantitative estimate of drug-likeness (QED) is 0.240. The molecule has 0 saturated heterocycles. The van der Waals surface area contributed by atoms with Gasteiger partial charge in [-0.05, 0) is 12.8 Å². The number of amides is 1. The molecule has 0 aromatic rings. The van der Waals surface area contributed by atoms with Crippen molar-refractivity contribution in [3.05, 3.63) is 25.3 Å². The zero-order valence-corrected chi connectivity index (χ0v) is 19.1. The van der Waals surface area contributed by atoms with Crippen molar-refractivity contribution in [1.29, 1.82) is 0 Å². The number of alkyl halides is 4. The maximum Gasteiger partial charge on any atom is 0.351 e. The van der Waals surface area contributed by atoms with Crippen LogP contribution in [0.5, 0.6) is 0 Å². The van der Waals surface area contributed by atoms with Crippen molar-refractivity contribution in [2.24, 2.45) is 0 Å². The minimum Gasteiger partial charge on any atom is -0.302 e. The smallest absolute Gasteiger partial charge is 0.302 e. The molecule has 24 heavy (non-hydrogen) atoms. The third-order valence-corrected chi connectivity index (χ3v) is 7.72. The van der Waals surface area contributed by atoms with E-state index < -0.39 is 27.5 Å². The van der Waals surface area contributed by atoms with E-state index in [9.17, 15) is 14.4 Å². The Labute approximate surface area is 174 Å². The van der Waals surface area contributed by atoms with Crippen LogP contribution in [0.25, 0.3) is 0 Å². The number of halogens is 4. The van der Waals surface area contributed by atoms with Crippen LogP contribution in [-0.2, 0) is 24.1 Å². The highest BCUT2D eigenvalue weighted by molar-refractivity contribution is 9.12. The van der Waals surface area contributed by atoms with E-state index in [0.717, 1.165) is 6.92 Å². The third-order valence-electron chi connectivity index (χ3n) is 2.47. The lowest BCUT2D eigenvalue weighted by atomic mass is 10.2. The van der Waals surface area contributed by atoms with E-state index in [1.165, 1.54) is 0 Å². The molecule has 0 rings (SSSR count). The van der Waals surface area contributed by atoms with Gasteiger partial charge in [-0.25, -0.2) is 9.59 Å². The van der Waals surface area contributed by atoms with Crippen LogP contribution in [0.4, 0.5) is 0 Å². The molecule has 0 N–H and O–H groups in total. The Morgan fingerprint density at radius 3 is 1.50 bits per heavy atom. The molecule has 0 spiro atoms. The van der Waals surface area contributed by atoms with E-state index in [4.69, 9.17) is 9.68 Å². The first kappa shape index (κ1) is 23.8. The highest BCUT2D eigenvalue weighted by Crippen LogP contribution is 2.22. The SMILES string of the molecule is C=CCC(Br)C(Br)C(=O)ON(OC(=O)C(Br)C(Br)CC=C)C(C)=O. The summed E-state index contributed by atoms with van der Waals surface area (Å²) in [6.45, 7) is 8.23. The van der Waals surface area contributed by atoms with Crippen molar-refractivity contribution in [2.45, 2.75) is 39.1 Å². The highest BCUT2D eigenvalue weighted by Gasteiger charge is 2.32. The van der Waals surface area contributed by atoms with Crippen LogP contribution in [0, 0.1) is 0 Å². The molecule has 10 heteroatoms. The van der Waals surface area contributed by atoms with Gasteiger partial charge in [0, 0.05) is 21.8 Å². The van der Waals surface area contributed by atoms with Gasteiger partial charge >= 0.3 is 11.9 Å². The molecule has 0 radical (unpaired) electrons. The van der Waals surface area contributed by atoms with Crippen LogP contribution in [0.3, 0.4) is 0 Å². The first-order chi connectivity index (χ1) is 11.1. The molecule has 0 aromatic carbocycles. The number of hydrogen-bond donors (Lipinski definition) is 0. The van der Waals surface area contributed by atoms with Gasteiger partial charge in [0.1, 0.15) is 9.65 Å². The minimum absolute atomic E-state index is 0.258. The van der Waals surface area contributed by atoms with Crippen LogP contribution < -0.4 is 0 Å². The van der Waals surface area contributed by atoms with E-state index in [1.807, 2.05) is 0 Å². The molecular formula is C14H17Br4NO5. The van der Waals surface area contributed by atoms with E-state index in [-0.39, 0.29) is 14.9 Å². The Morgan fingerprint density at radius 2 is 1.25 bits per heavy atom. The zero-order chi connectivity index (χ0) is 18.9. The summed E-state index contributed by atoms with van der Waals surface area (Å²) in [6.07, 6.45) is 4.21. The van der Waals surface area contributed by atoms with Gasteiger partial charge < -0.3 is 9.68 Å². The predicted octanol–water partition coefficient (Wildman–Crippen LogP) is 3.96. The normalized spacial score (nSPS) is 15.4. The van der Waals surface area contributed by atoms with Crippen LogP contribution in [0.1, 0.15) is 19.8 Å². The molecule has 0 aromatic heterocycles. The van der Waals surface area contributed by atoms with E-state index in [0.29, 0.717) is 12.8 Å². The second-order valence-electron chi connectivity index (χ2n) is 4.48. The van der Waals surface area contributed by atoms with Gasteiger partial charge in [-0.2, -0.15) is 0 Å². The van der Waals surface area contributed by atoms with Crippen LogP contribution in [0.2, 0.25) is 0 Å². The summed E-state index contributed by atoms with van der Waals surface area (Å²) >= 11 is 12.9. The Hall–Kier alpha value is -0.190. The monoisotopic (exact) mass is 595 g/mol. The minimum atomic E-state index is -0.797. The molecule has 4 unspecified atom stereocenters. The number of carbonyl (C=O) groups excluding carboxylic acids is 3. The van der Waals surface area contributed by atoms with Crippen molar-refractivity contribution >= 4 is 81.6 Å². The van der Waals surface area contributed by atoms with Crippen molar-refractivity contribution in [2.75, 3.05) is 0 Å². The topological polar surface area (TPSA) is 72.9 Å². The summed E-state index contributed by atoms with van der Waals surface area (Å²) < 4.78 is 0. The summed E-state index contributed by atoms with van der Waals surface area (Å²) in [6, 6.07) is 0. The van der Waals surface area contributed by atoms with Crippen molar-refractivity contribution in [3.63, 3.8) is 0 Å². The second kappa shape index (κ2) is 12.2. The molecule has 6 nitrogen and oxygen atoms in total. The van der Waals surface area contributed by atoms with E-state index in [1.54, 1.807) is 12.2 Å². The largest absolute Gasteiger partial charge is 0.351 e. The summed E-state index contributed by atoms with van der Waals surface area (Å²) in [5.74, 6) is -2.36. The Kier molecular flexibility index (Phi) is 12.1. The first-order valence-corrected chi connectivity index (χ1v) is 10.3. The Bertz CT molecular complexity index is 452. The van der Waals surface area contributed by atoms with Crippen molar-refractivity contribution in [3.8, 4) is 0 Å². The van der Waals surface area contributed by atoms with Gasteiger partial charge in [0.05, 0.1) is 0 Å². The number of nitrogens with zero attached hydrogens (tertiary/aromatic N) is 1. The predicted molar refractivity (Wildman–Crippen MR) is 105 cm³/mol. The lowest BCUT2D eigenvalue weighted by Gasteiger charge is -2.22. The molecule has 1 amide bonds. The average Bonchev–Trinajstić information content (AvgIpc) is 2.52. The lowest BCUT2D eigenvalue weighted by Crippen LogP contribution is -2.41. The fourth-order valence-electron chi connectivity index (χ4n) is 1.26. The number of hydroxylamine groups is 2. The van der Waals surface area contributed by atoms with Gasteiger partial charge in [0.2, 0.25) is 0 Å². The molecule has 0 aliphatic carbocycles. The summed E-state index contributed by atoms with van der Waals surface area (Å²) in [5, 5.41) is 0.258. The standard InChI is InChI=1S/C14H17Br4NO5/c1-4-6-9(15)11(17)13(21)23-19(8(3)20)24-14(22)12(18)10(16)7-5-2/h4-5,9-12H,1-2,6-7H2,3H3. The first-order valence-electron chi connectivity index (χ1n) is 6.68. The van der Waals surface area contributed by atoms with Gasteiger partial charge in [-0.1, -0.05) is 75.9 Å². The van der Waals surface area contributed by atoms with Crippen LogP contribution in [-0.4, -0.2) is 42.4 Å². The average molecular weight is 599 g/mol. The van der Waals surface area contributed by atoms with Gasteiger partial charge in [-0.3, -0.25) is 4.79 Å². The fourth-order valence-corrected chi connectivity index (χ4v) is 2.82. The van der Waals surface area contributed by atoms with E-state index >= 15 is 0 Å². The molecule has 0 aliphatic heterocycles. The molecular weight excluding hydrogens is 582 g/mol. The third kappa shape index (κ3) is 8.26. The molecule has 0 bridgehead atoms. The van der Waals surface area contributed by atoms with Gasteiger partial charge in [0.25, 0.3) is 5.91 Å². The Morgan fingerprint density at radius 1 is 0.917 bits per heavy atom. The molecule has 0 saturated carbocycles. The molecule has 136 valence electrons. The van der Waals surface area contributed by atoms with Crippen molar-refractivity contribution in [1.82, 2.24) is 5.23 Å². The maximum absolute atomic E-state index is 12.0.